The highest BCUT2D eigenvalue weighted by molar-refractivity contribution is 5.94. The first-order valence-electron chi connectivity index (χ1n) is 7.16. The minimum absolute atomic E-state index is 0.0523. The molecule has 2 fully saturated rings. The van der Waals surface area contributed by atoms with E-state index in [0.717, 1.165) is 37.2 Å². The molecule has 0 aromatic carbocycles. The molecule has 0 unspecified atom stereocenters. The van der Waals surface area contributed by atoms with Gasteiger partial charge >= 0.3 is 0 Å². The zero-order chi connectivity index (χ0) is 13.4. The molecule has 104 valence electrons. The van der Waals surface area contributed by atoms with Crippen LogP contribution in [0.25, 0.3) is 0 Å². The lowest BCUT2D eigenvalue weighted by molar-refractivity contribution is 0.0906. The van der Waals surface area contributed by atoms with Crippen molar-refractivity contribution in [3.63, 3.8) is 0 Å². The average molecular weight is 262 g/mol. The summed E-state index contributed by atoms with van der Waals surface area (Å²) in [6, 6.07) is 0.311. The van der Waals surface area contributed by atoms with Crippen molar-refractivity contribution in [2.75, 3.05) is 20.1 Å². The number of hydrogen-bond acceptors (Lipinski definition) is 3. The number of nitrogens with one attached hydrogen (secondary N) is 1. The van der Waals surface area contributed by atoms with Crippen molar-refractivity contribution < 1.29 is 4.79 Å². The van der Waals surface area contributed by atoms with Gasteiger partial charge in [0.15, 0.2) is 0 Å². The molecule has 0 bridgehead atoms. The number of carbonyl (C=O) groups excluding carboxylic acids is 1. The molecule has 5 heteroatoms. The Kier molecular flexibility index (Phi) is 3.31. The summed E-state index contributed by atoms with van der Waals surface area (Å²) in [7, 11) is 3.99. The van der Waals surface area contributed by atoms with Crippen LogP contribution in [0.2, 0.25) is 0 Å². The maximum atomic E-state index is 12.4. The summed E-state index contributed by atoms with van der Waals surface area (Å²) in [6.07, 6.45) is 6.33. The van der Waals surface area contributed by atoms with Crippen LogP contribution >= 0.6 is 0 Å². The predicted molar refractivity (Wildman–Crippen MR) is 73.2 cm³/mol. The van der Waals surface area contributed by atoms with Gasteiger partial charge in [-0.1, -0.05) is 0 Å². The molecule has 19 heavy (non-hydrogen) atoms. The number of rotatable bonds is 3. The smallest absolute Gasteiger partial charge is 0.270 e. The van der Waals surface area contributed by atoms with Gasteiger partial charge in [-0.15, -0.1) is 0 Å². The van der Waals surface area contributed by atoms with E-state index in [-0.39, 0.29) is 5.91 Å². The average Bonchev–Trinajstić information content (AvgIpc) is 3.15. The van der Waals surface area contributed by atoms with Gasteiger partial charge in [-0.05, 0) is 51.7 Å². The van der Waals surface area contributed by atoms with Crippen molar-refractivity contribution in [3.8, 4) is 0 Å². The second-order valence-electron chi connectivity index (χ2n) is 5.90. The minimum atomic E-state index is 0.0523. The Labute approximate surface area is 114 Å². The second kappa shape index (κ2) is 4.96. The quantitative estimate of drug-likeness (QED) is 0.888. The fraction of sp³-hybridized carbons (Fsp3) is 0.714. The number of piperidine rings is 1. The molecule has 1 aliphatic heterocycles. The molecule has 2 aliphatic rings. The zero-order valence-electron chi connectivity index (χ0n) is 11.7. The van der Waals surface area contributed by atoms with Crippen LogP contribution in [-0.2, 0) is 7.05 Å². The van der Waals surface area contributed by atoms with Gasteiger partial charge in [0.05, 0.1) is 6.20 Å². The van der Waals surface area contributed by atoms with E-state index in [9.17, 15) is 4.79 Å². The lowest BCUT2D eigenvalue weighted by Crippen LogP contribution is -2.44. The van der Waals surface area contributed by atoms with Gasteiger partial charge in [0.1, 0.15) is 5.69 Å². The molecule has 2 heterocycles. The van der Waals surface area contributed by atoms with Crippen molar-refractivity contribution in [1.29, 1.82) is 0 Å². The summed E-state index contributed by atoms with van der Waals surface area (Å²) in [6.45, 7) is 2.12. The molecule has 1 aromatic heterocycles. The van der Waals surface area contributed by atoms with E-state index < -0.39 is 0 Å². The molecule has 0 atom stereocenters. The number of carbonyl (C=O) groups is 1. The number of hydrogen-bond donors (Lipinski definition) is 1. The molecule has 1 aromatic rings. The summed E-state index contributed by atoms with van der Waals surface area (Å²) >= 11 is 0. The number of aromatic nitrogens is 2. The SMILES string of the molecule is CN1CCC(NC(=O)c2c(C3CC3)cnn2C)CC1. The van der Waals surface area contributed by atoms with Gasteiger partial charge in [0.2, 0.25) is 0 Å². The Morgan fingerprint density at radius 3 is 2.58 bits per heavy atom. The lowest BCUT2D eigenvalue weighted by Gasteiger charge is -2.29. The highest BCUT2D eigenvalue weighted by atomic mass is 16.2. The normalized spacial score (nSPS) is 21.6. The van der Waals surface area contributed by atoms with E-state index in [1.54, 1.807) is 4.68 Å². The monoisotopic (exact) mass is 262 g/mol. The van der Waals surface area contributed by atoms with Crippen LogP contribution in [-0.4, -0.2) is 46.8 Å². The third-order valence-electron chi connectivity index (χ3n) is 4.25. The van der Waals surface area contributed by atoms with Crippen LogP contribution in [0.4, 0.5) is 0 Å². The number of amides is 1. The fourth-order valence-electron chi connectivity index (χ4n) is 2.83. The summed E-state index contributed by atoms with van der Waals surface area (Å²) < 4.78 is 1.72. The Hall–Kier alpha value is -1.36. The third-order valence-corrected chi connectivity index (χ3v) is 4.25. The van der Waals surface area contributed by atoms with Gasteiger partial charge in [0.25, 0.3) is 5.91 Å². The number of likely N-dealkylation sites (tertiary alicyclic amines) is 1. The standard InChI is InChI=1S/C14H22N4O/c1-17-7-5-11(6-8-17)16-14(19)13-12(10-3-4-10)9-15-18(13)2/h9-11H,3-8H2,1-2H3,(H,16,19). The molecule has 1 amide bonds. The Morgan fingerprint density at radius 2 is 1.95 bits per heavy atom. The first kappa shape index (κ1) is 12.7. The van der Waals surface area contributed by atoms with Gasteiger partial charge in [-0.2, -0.15) is 5.10 Å². The van der Waals surface area contributed by atoms with Crippen molar-refractivity contribution >= 4 is 5.91 Å². The minimum Gasteiger partial charge on any atom is -0.348 e. The first-order valence-corrected chi connectivity index (χ1v) is 7.16. The molecule has 0 radical (unpaired) electrons. The topological polar surface area (TPSA) is 50.2 Å². The molecule has 1 saturated heterocycles. The van der Waals surface area contributed by atoms with Crippen LogP contribution in [0, 0.1) is 0 Å². The summed E-state index contributed by atoms with van der Waals surface area (Å²) in [5, 5.41) is 7.43. The molecule has 1 saturated carbocycles. The van der Waals surface area contributed by atoms with E-state index in [1.165, 1.54) is 12.8 Å². The van der Waals surface area contributed by atoms with Crippen LogP contribution in [0.5, 0.6) is 0 Å². The fourth-order valence-corrected chi connectivity index (χ4v) is 2.83. The largest absolute Gasteiger partial charge is 0.348 e. The van der Waals surface area contributed by atoms with Crippen molar-refractivity contribution in [2.24, 2.45) is 7.05 Å². The first-order chi connectivity index (χ1) is 9.15. The highest BCUT2D eigenvalue weighted by Crippen LogP contribution is 2.41. The highest BCUT2D eigenvalue weighted by Gasteiger charge is 2.31. The second-order valence-corrected chi connectivity index (χ2v) is 5.90. The predicted octanol–water partition coefficient (Wildman–Crippen LogP) is 1.12. The number of aryl methyl sites for hydroxylation is 1. The molecule has 1 N–H and O–H groups in total. The van der Waals surface area contributed by atoms with Crippen molar-refractivity contribution in [2.45, 2.75) is 37.6 Å². The van der Waals surface area contributed by atoms with E-state index >= 15 is 0 Å². The Morgan fingerprint density at radius 1 is 1.26 bits per heavy atom. The Balaban J connectivity index is 1.68. The van der Waals surface area contributed by atoms with E-state index in [1.807, 2.05) is 13.2 Å². The zero-order valence-corrected chi connectivity index (χ0v) is 11.7. The van der Waals surface area contributed by atoms with E-state index in [0.29, 0.717) is 12.0 Å². The third kappa shape index (κ3) is 2.66. The van der Waals surface area contributed by atoms with Crippen LogP contribution in [0.15, 0.2) is 6.20 Å². The van der Waals surface area contributed by atoms with Crippen LogP contribution < -0.4 is 5.32 Å². The lowest BCUT2D eigenvalue weighted by atomic mass is 10.0. The van der Waals surface area contributed by atoms with E-state index in [2.05, 4.69) is 22.4 Å². The maximum Gasteiger partial charge on any atom is 0.270 e. The van der Waals surface area contributed by atoms with Gasteiger partial charge in [-0.3, -0.25) is 9.48 Å². The van der Waals surface area contributed by atoms with Crippen LogP contribution in [0.3, 0.4) is 0 Å². The molecular weight excluding hydrogens is 240 g/mol. The van der Waals surface area contributed by atoms with Crippen molar-refractivity contribution in [3.05, 3.63) is 17.5 Å². The maximum absolute atomic E-state index is 12.4. The summed E-state index contributed by atoms with van der Waals surface area (Å²) in [5.74, 6) is 0.614. The summed E-state index contributed by atoms with van der Waals surface area (Å²) in [5.41, 5.74) is 1.90. The molecule has 5 nitrogen and oxygen atoms in total. The molecule has 0 spiro atoms. The summed E-state index contributed by atoms with van der Waals surface area (Å²) in [4.78, 5) is 14.8. The number of nitrogens with zero attached hydrogens (tertiary/aromatic N) is 3. The molecular formula is C14H22N4O. The Bertz CT molecular complexity index is 470. The molecule has 1 aliphatic carbocycles. The van der Waals surface area contributed by atoms with Gasteiger partial charge in [0, 0.05) is 18.7 Å². The van der Waals surface area contributed by atoms with E-state index in [4.69, 9.17) is 0 Å². The molecule has 3 rings (SSSR count). The van der Waals surface area contributed by atoms with Gasteiger partial charge in [-0.25, -0.2) is 0 Å². The van der Waals surface area contributed by atoms with Gasteiger partial charge < -0.3 is 10.2 Å². The van der Waals surface area contributed by atoms with Crippen LogP contribution in [0.1, 0.15) is 47.7 Å². The van der Waals surface area contributed by atoms with Crippen molar-refractivity contribution in [1.82, 2.24) is 20.0 Å².